The van der Waals surface area contributed by atoms with Gasteiger partial charge in [0, 0.05) is 25.1 Å². The molecule has 0 unspecified atom stereocenters. The minimum absolute atomic E-state index is 0.0561. The van der Waals surface area contributed by atoms with Gasteiger partial charge >= 0.3 is 0 Å². The summed E-state index contributed by atoms with van der Waals surface area (Å²) in [6.45, 7) is 3.88. The van der Waals surface area contributed by atoms with Crippen molar-refractivity contribution >= 4 is 11.6 Å². The molecular weight excluding hydrogens is 280 g/mol. The highest BCUT2D eigenvalue weighted by atomic mass is 16.6. The molecule has 0 aromatic heterocycles. The second-order valence-corrected chi connectivity index (χ2v) is 6.04. The Labute approximate surface area is 130 Å². The number of para-hydroxylation sites is 1. The molecular formula is C17H22N2O3. The van der Waals surface area contributed by atoms with Crippen molar-refractivity contribution < 1.29 is 14.4 Å². The lowest BCUT2D eigenvalue weighted by molar-refractivity contribution is -0.143. The summed E-state index contributed by atoms with van der Waals surface area (Å²) in [7, 11) is 1.63. The summed E-state index contributed by atoms with van der Waals surface area (Å²) in [5, 5.41) is 4.12. The van der Waals surface area contributed by atoms with Crippen molar-refractivity contribution in [1.82, 2.24) is 4.90 Å². The Morgan fingerprint density at radius 1 is 1.32 bits per heavy atom. The van der Waals surface area contributed by atoms with Gasteiger partial charge in [-0.05, 0) is 30.9 Å². The fraction of sp³-hybridized carbons (Fsp3) is 0.529. The molecule has 1 fully saturated rings. The number of piperidine rings is 1. The summed E-state index contributed by atoms with van der Waals surface area (Å²) in [5.74, 6) is 1.51. The number of benzene rings is 1. The zero-order valence-corrected chi connectivity index (χ0v) is 13.1. The maximum absolute atomic E-state index is 12.5. The lowest BCUT2D eigenvalue weighted by Gasteiger charge is -2.31. The van der Waals surface area contributed by atoms with E-state index in [-0.39, 0.29) is 5.91 Å². The average Bonchev–Trinajstić information content (AvgIpc) is 3.04. The number of rotatable bonds is 3. The van der Waals surface area contributed by atoms with E-state index < -0.39 is 6.10 Å². The first-order chi connectivity index (χ1) is 10.7. The number of likely N-dealkylation sites (tertiary alicyclic amines) is 1. The largest absolute Gasteiger partial charge is 0.496 e. The topological polar surface area (TPSA) is 51.1 Å². The monoisotopic (exact) mass is 302 g/mol. The van der Waals surface area contributed by atoms with Crippen molar-refractivity contribution in [2.24, 2.45) is 11.1 Å². The van der Waals surface area contributed by atoms with Gasteiger partial charge in [-0.2, -0.15) is 0 Å². The van der Waals surface area contributed by atoms with Gasteiger partial charge in [0.2, 0.25) is 6.10 Å². The van der Waals surface area contributed by atoms with E-state index in [2.05, 4.69) is 12.1 Å². The van der Waals surface area contributed by atoms with Crippen LogP contribution in [-0.4, -0.2) is 42.8 Å². The summed E-state index contributed by atoms with van der Waals surface area (Å²) in [6.07, 6.45) is 2.15. The van der Waals surface area contributed by atoms with Crippen LogP contribution in [0.2, 0.25) is 0 Å². The molecule has 5 nitrogen and oxygen atoms in total. The van der Waals surface area contributed by atoms with Crippen LogP contribution in [0.5, 0.6) is 5.75 Å². The van der Waals surface area contributed by atoms with Gasteiger partial charge in [0.1, 0.15) is 5.75 Å². The van der Waals surface area contributed by atoms with E-state index in [4.69, 9.17) is 9.57 Å². The number of carbonyl (C=O) groups is 1. The molecule has 0 N–H and O–H groups in total. The number of nitrogens with zero attached hydrogens (tertiary/aromatic N) is 2. The number of oxime groups is 1. The highest BCUT2D eigenvalue weighted by molar-refractivity contribution is 6.05. The SMILES string of the molecule is COc1ccccc1C1=NO[C@H](C(=O)N2CCC(C)CC2)C1. The number of carbonyl (C=O) groups excluding carboxylic acids is 1. The minimum atomic E-state index is -0.492. The van der Waals surface area contributed by atoms with Crippen LogP contribution in [0.15, 0.2) is 29.4 Å². The Kier molecular flexibility index (Phi) is 4.32. The normalized spacial score (nSPS) is 22.2. The molecule has 2 heterocycles. The van der Waals surface area contributed by atoms with Crippen molar-refractivity contribution in [3.8, 4) is 5.75 Å². The van der Waals surface area contributed by atoms with E-state index in [0.29, 0.717) is 12.3 Å². The maximum atomic E-state index is 12.5. The second kappa shape index (κ2) is 6.38. The fourth-order valence-corrected chi connectivity index (χ4v) is 2.98. The van der Waals surface area contributed by atoms with Crippen LogP contribution in [0.3, 0.4) is 0 Å². The van der Waals surface area contributed by atoms with Crippen LogP contribution in [0.4, 0.5) is 0 Å². The van der Waals surface area contributed by atoms with Gasteiger partial charge in [0.15, 0.2) is 0 Å². The second-order valence-electron chi connectivity index (χ2n) is 6.04. The number of hydrogen-bond donors (Lipinski definition) is 0. The lowest BCUT2D eigenvalue weighted by atomic mass is 9.98. The van der Waals surface area contributed by atoms with Crippen molar-refractivity contribution in [3.63, 3.8) is 0 Å². The smallest absolute Gasteiger partial charge is 0.266 e. The molecule has 2 aliphatic heterocycles. The molecule has 1 aromatic rings. The number of methoxy groups -OCH3 is 1. The maximum Gasteiger partial charge on any atom is 0.266 e. The van der Waals surface area contributed by atoms with Gasteiger partial charge in [-0.25, -0.2) is 0 Å². The summed E-state index contributed by atoms with van der Waals surface area (Å²) >= 11 is 0. The molecule has 1 saturated heterocycles. The molecule has 0 radical (unpaired) electrons. The van der Waals surface area contributed by atoms with Crippen LogP contribution in [-0.2, 0) is 9.63 Å². The number of hydrogen-bond acceptors (Lipinski definition) is 4. The van der Waals surface area contributed by atoms with E-state index in [1.54, 1.807) is 7.11 Å². The van der Waals surface area contributed by atoms with Crippen molar-refractivity contribution in [1.29, 1.82) is 0 Å². The highest BCUT2D eigenvalue weighted by Gasteiger charge is 2.34. The van der Waals surface area contributed by atoms with Gasteiger partial charge in [0.25, 0.3) is 5.91 Å². The third-order valence-electron chi connectivity index (χ3n) is 4.46. The lowest BCUT2D eigenvalue weighted by Crippen LogP contribution is -2.43. The zero-order chi connectivity index (χ0) is 15.5. The molecule has 22 heavy (non-hydrogen) atoms. The molecule has 3 rings (SSSR count). The predicted octanol–water partition coefficient (Wildman–Crippen LogP) is 2.45. The van der Waals surface area contributed by atoms with Crippen LogP contribution in [0.25, 0.3) is 0 Å². The highest BCUT2D eigenvalue weighted by Crippen LogP contribution is 2.26. The molecule has 1 atom stereocenters. The standard InChI is InChI=1S/C17H22N2O3/c1-12-7-9-19(10-8-12)17(20)16-11-14(18-22-16)13-5-3-4-6-15(13)21-2/h3-6,12,16H,7-11H2,1-2H3/t16-/m0/s1. The Hall–Kier alpha value is -2.04. The molecule has 5 heteroatoms. The van der Waals surface area contributed by atoms with Crippen LogP contribution >= 0.6 is 0 Å². The molecule has 118 valence electrons. The molecule has 2 aliphatic rings. The van der Waals surface area contributed by atoms with Crippen molar-refractivity contribution in [2.45, 2.75) is 32.3 Å². The van der Waals surface area contributed by atoms with Gasteiger partial charge < -0.3 is 14.5 Å². The van der Waals surface area contributed by atoms with Gasteiger partial charge in [-0.1, -0.05) is 24.2 Å². The fourth-order valence-electron chi connectivity index (χ4n) is 2.98. The Bertz CT molecular complexity index is 577. The van der Waals surface area contributed by atoms with Gasteiger partial charge in [-0.3, -0.25) is 4.79 Å². The summed E-state index contributed by atoms with van der Waals surface area (Å²) in [6, 6.07) is 7.67. The van der Waals surface area contributed by atoms with E-state index >= 15 is 0 Å². The Morgan fingerprint density at radius 2 is 2.05 bits per heavy atom. The van der Waals surface area contributed by atoms with Crippen LogP contribution < -0.4 is 4.74 Å². The number of amides is 1. The van der Waals surface area contributed by atoms with Crippen molar-refractivity contribution in [2.75, 3.05) is 20.2 Å². The first kappa shape index (κ1) is 14.9. The summed E-state index contributed by atoms with van der Waals surface area (Å²) in [4.78, 5) is 19.8. The van der Waals surface area contributed by atoms with Gasteiger partial charge in [0.05, 0.1) is 12.8 Å². The van der Waals surface area contributed by atoms with E-state index in [0.717, 1.165) is 43.0 Å². The van der Waals surface area contributed by atoms with Crippen LogP contribution in [0, 0.1) is 5.92 Å². The molecule has 0 bridgehead atoms. The summed E-state index contributed by atoms with van der Waals surface area (Å²) in [5.41, 5.74) is 1.67. The average molecular weight is 302 g/mol. The molecule has 0 spiro atoms. The van der Waals surface area contributed by atoms with E-state index in [1.165, 1.54) is 0 Å². The molecule has 0 aliphatic carbocycles. The van der Waals surface area contributed by atoms with E-state index in [9.17, 15) is 4.79 Å². The molecule has 1 aromatic carbocycles. The number of ether oxygens (including phenoxy) is 1. The quantitative estimate of drug-likeness (QED) is 0.862. The first-order valence-electron chi connectivity index (χ1n) is 7.84. The first-order valence-corrected chi connectivity index (χ1v) is 7.84. The van der Waals surface area contributed by atoms with E-state index in [1.807, 2.05) is 29.2 Å². The zero-order valence-electron chi connectivity index (χ0n) is 13.1. The van der Waals surface area contributed by atoms with Crippen LogP contribution in [0.1, 0.15) is 31.7 Å². The Morgan fingerprint density at radius 3 is 2.77 bits per heavy atom. The molecule has 1 amide bonds. The van der Waals surface area contributed by atoms with Crippen molar-refractivity contribution in [3.05, 3.63) is 29.8 Å². The summed E-state index contributed by atoms with van der Waals surface area (Å²) < 4.78 is 5.35. The third kappa shape index (κ3) is 2.93. The third-order valence-corrected chi connectivity index (χ3v) is 4.46. The minimum Gasteiger partial charge on any atom is -0.496 e. The molecule has 0 saturated carbocycles. The van der Waals surface area contributed by atoms with Gasteiger partial charge in [-0.15, -0.1) is 0 Å². The predicted molar refractivity (Wildman–Crippen MR) is 84.0 cm³/mol. The Balaban J connectivity index is 1.65.